The van der Waals surface area contributed by atoms with Gasteiger partial charge in [0, 0.05) is 5.38 Å². The van der Waals surface area contributed by atoms with Gasteiger partial charge in [-0.3, -0.25) is 0 Å². The lowest BCUT2D eigenvalue weighted by Crippen LogP contribution is -2.37. The monoisotopic (exact) mass is 236 g/mol. The Kier molecular flexibility index (Phi) is 3.26. The first-order chi connectivity index (χ1) is 6.50. The SMILES string of the molecule is O=C(O)C(Nc1nc(Cl)cs1)C(=O)O. The number of hydrogen-bond acceptors (Lipinski definition) is 5. The summed E-state index contributed by atoms with van der Waals surface area (Å²) < 4.78 is 0. The van der Waals surface area contributed by atoms with Crippen molar-refractivity contribution in [3.63, 3.8) is 0 Å². The van der Waals surface area contributed by atoms with Crippen LogP contribution in [0.1, 0.15) is 0 Å². The Morgan fingerprint density at radius 2 is 2.07 bits per heavy atom. The Bertz CT molecular complexity index is 352. The molecule has 0 amide bonds. The van der Waals surface area contributed by atoms with Gasteiger partial charge in [-0.1, -0.05) is 11.6 Å². The van der Waals surface area contributed by atoms with E-state index in [9.17, 15) is 9.59 Å². The molecule has 0 radical (unpaired) electrons. The van der Waals surface area contributed by atoms with E-state index < -0.39 is 18.0 Å². The predicted molar refractivity (Wildman–Crippen MR) is 49.8 cm³/mol. The van der Waals surface area contributed by atoms with E-state index in [1.165, 1.54) is 5.38 Å². The number of nitrogens with one attached hydrogen (secondary N) is 1. The Morgan fingerprint density at radius 3 is 2.43 bits per heavy atom. The summed E-state index contributed by atoms with van der Waals surface area (Å²) in [7, 11) is 0. The molecule has 76 valence electrons. The van der Waals surface area contributed by atoms with Gasteiger partial charge in [0.15, 0.2) is 5.13 Å². The van der Waals surface area contributed by atoms with Crippen molar-refractivity contribution in [2.24, 2.45) is 0 Å². The lowest BCUT2D eigenvalue weighted by Gasteiger charge is -2.07. The fourth-order valence-electron chi connectivity index (χ4n) is 0.673. The van der Waals surface area contributed by atoms with Gasteiger partial charge in [-0.05, 0) is 0 Å². The van der Waals surface area contributed by atoms with E-state index >= 15 is 0 Å². The summed E-state index contributed by atoms with van der Waals surface area (Å²) in [5.41, 5.74) is 0. The predicted octanol–water partition coefficient (Wildman–Crippen LogP) is 0.746. The number of thiazole rings is 1. The van der Waals surface area contributed by atoms with Gasteiger partial charge < -0.3 is 15.5 Å². The second-order valence-corrected chi connectivity index (χ2v) is 3.47. The highest BCUT2D eigenvalue weighted by Gasteiger charge is 2.26. The van der Waals surface area contributed by atoms with Gasteiger partial charge in [0.1, 0.15) is 5.15 Å². The van der Waals surface area contributed by atoms with E-state index in [4.69, 9.17) is 21.8 Å². The third-order valence-electron chi connectivity index (χ3n) is 1.24. The number of carboxylic acid groups (broad SMARTS) is 2. The summed E-state index contributed by atoms with van der Waals surface area (Å²) in [6.07, 6.45) is 0. The number of aromatic nitrogens is 1. The summed E-state index contributed by atoms with van der Waals surface area (Å²) >= 11 is 6.50. The van der Waals surface area contributed by atoms with E-state index in [-0.39, 0.29) is 10.3 Å². The Balaban J connectivity index is 2.74. The topological polar surface area (TPSA) is 99.5 Å². The molecule has 0 fully saturated rings. The zero-order chi connectivity index (χ0) is 10.7. The van der Waals surface area contributed by atoms with Crippen LogP contribution in [0.15, 0.2) is 5.38 Å². The molecule has 0 aromatic carbocycles. The number of nitrogens with zero attached hydrogens (tertiary/aromatic N) is 1. The molecule has 0 aliphatic rings. The molecule has 0 bridgehead atoms. The van der Waals surface area contributed by atoms with Crippen molar-refractivity contribution < 1.29 is 19.8 Å². The van der Waals surface area contributed by atoms with E-state index in [1.54, 1.807) is 0 Å². The van der Waals surface area contributed by atoms with Crippen LogP contribution in [0.3, 0.4) is 0 Å². The number of carboxylic acids is 2. The minimum absolute atomic E-state index is 0.157. The van der Waals surface area contributed by atoms with Crippen molar-refractivity contribution >= 4 is 40.0 Å². The fourth-order valence-corrected chi connectivity index (χ4v) is 1.54. The van der Waals surface area contributed by atoms with Crippen LogP contribution < -0.4 is 5.32 Å². The van der Waals surface area contributed by atoms with Crippen molar-refractivity contribution in [2.75, 3.05) is 5.32 Å². The molecule has 0 aliphatic heterocycles. The van der Waals surface area contributed by atoms with E-state index in [0.717, 1.165) is 11.3 Å². The van der Waals surface area contributed by atoms with Gasteiger partial charge in [-0.25, -0.2) is 14.6 Å². The number of aliphatic carboxylic acids is 2. The van der Waals surface area contributed by atoms with Crippen molar-refractivity contribution in [1.29, 1.82) is 0 Å². The van der Waals surface area contributed by atoms with Gasteiger partial charge in [0.2, 0.25) is 6.04 Å². The first-order valence-electron chi connectivity index (χ1n) is 3.34. The van der Waals surface area contributed by atoms with Crippen LogP contribution in [0.4, 0.5) is 5.13 Å². The van der Waals surface area contributed by atoms with Gasteiger partial charge in [0.05, 0.1) is 0 Å². The zero-order valence-electron chi connectivity index (χ0n) is 6.60. The van der Waals surface area contributed by atoms with Crippen LogP contribution in [0.5, 0.6) is 0 Å². The Hall–Kier alpha value is -1.34. The van der Waals surface area contributed by atoms with Crippen molar-refractivity contribution in [2.45, 2.75) is 6.04 Å². The molecule has 1 heterocycles. The number of rotatable bonds is 4. The minimum Gasteiger partial charge on any atom is -0.479 e. The van der Waals surface area contributed by atoms with Crippen LogP contribution >= 0.6 is 22.9 Å². The van der Waals surface area contributed by atoms with Crippen LogP contribution in [0.2, 0.25) is 5.15 Å². The van der Waals surface area contributed by atoms with Crippen LogP contribution in [-0.4, -0.2) is 33.2 Å². The minimum atomic E-state index is -1.71. The van der Waals surface area contributed by atoms with Gasteiger partial charge in [-0.2, -0.15) is 0 Å². The molecular formula is C6H5ClN2O4S. The molecule has 1 aromatic rings. The Labute approximate surface area is 87.2 Å². The summed E-state index contributed by atoms with van der Waals surface area (Å²) in [4.78, 5) is 24.6. The van der Waals surface area contributed by atoms with E-state index in [2.05, 4.69) is 10.3 Å². The number of halogens is 1. The maximum absolute atomic E-state index is 10.5. The standard InChI is InChI=1S/C6H5ClN2O4S/c7-2-1-14-6(8-2)9-3(4(10)11)5(12)13/h1,3H,(H,8,9)(H,10,11)(H,12,13). The second-order valence-electron chi connectivity index (χ2n) is 2.23. The average molecular weight is 237 g/mol. The fraction of sp³-hybridized carbons (Fsp3) is 0.167. The third-order valence-corrected chi connectivity index (χ3v) is 2.33. The smallest absolute Gasteiger partial charge is 0.338 e. The largest absolute Gasteiger partial charge is 0.479 e. The summed E-state index contributed by atoms with van der Waals surface area (Å²) in [5.74, 6) is -2.97. The molecule has 0 atom stereocenters. The maximum Gasteiger partial charge on any atom is 0.338 e. The summed E-state index contributed by atoms with van der Waals surface area (Å²) in [5, 5.41) is 21.1. The maximum atomic E-state index is 10.5. The Morgan fingerprint density at radius 1 is 1.50 bits per heavy atom. The molecule has 3 N–H and O–H groups in total. The highest BCUT2D eigenvalue weighted by atomic mass is 35.5. The molecule has 1 aromatic heterocycles. The third kappa shape index (κ3) is 2.57. The molecule has 14 heavy (non-hydrogen) atoms. The van der Waals surface area contributed by atoms with Crippen molar-refractivity contribution in [1.82, 2.24) is 4.98 Å². The summed E-state index contributed by atoms with van der Waals surface area (Å²) in [6.45, 7) is 0. The second kappa shape index (κ2) is 4.25. The van der Waals surface area contributed by atoms with Crippen molar-refractivity contribution in [3.8, 4) is 0 Å². The van der Waals surface area contributed by atoms with E-state index in [0.29, 0.717) is 0 Å². The van der Waals surface area contributed by atoms with Crippen molar-refractivity contribution in [3.05, 3.63) is 10.5 Å². The highest BCUT2D eigenvalue weighted by Crippen LogP contribution is 2.19. The van der Waals surface area contributed by atoms with Crippen LogP contribution in [-0.2, 0) is 9.59 Å². The van der Waals surface area contributed by atoms with Crippen LogP contribution in [0.25, 0.3) is 0 Å². The quantitative estimate of drug-likeness (QED) is 0.667. The van der Waals surface area contributed by atoms with Gasteiger partial charge in [0.25, 0.3) is 0 Å². The lowest BCUT2D eigenvalue weighted by atomic mass is 10.3. The molecule has 0 aliphatic carbocycles. The first-order valence-corrected chi connectivity index (χ1v) is 4.59. The molecule has 1 rings (SSSR count). The molecule has 8 heteroatoms. The van der Waals surface area contributed by atoms with Gasteiger partial charge in [-0.15, -0.1) is 11.3 Å². The normalized spacial score (nSPS) is 10.1. The molecule has 0 saturated heterocycles. The van der Waals surface area contributed by atoms with Crippen LogP contribution in [0, 0.1) is 0 Å². The summed E-state index contributed by atoms with van der Waals surface area (Å²) in [6, 6.07) is -1.71. The highest BCUT2D eigenvalue weighted by molar-refractivity contribution is 7.14. The zero-order valence-corrected chi connectivity index (χ0v) is 8.17. The molecule has 0 saturated carbocycles. The van der Waals surface area contributed by atoms with E-state index in [1.807, 2.05) is 0 Å². The molecule has 0 unspecified atom stereocenters. The number of hydrogen-bond donors (Lipinski definition) is 3. The molecule has 0 spiro atoms. The lowest BCUT2D eigenvalue weighted by molar-refractivity contribution is -0.148. The molecule has 6 nitrogen and oxygen atoms in total. The molecular weight excluding hydrogens is 232 g/mol. The first kappa shape index (κ1) is 10.7. The number of carbonyl (C=O) groups is 2. The van der Waals surface area contributed by atoms with Gasteiger partial charge >= 0.3 is 11.9 Å². The average Bonchev–Trinajstić information content (AvgIpc) is 2.46. The number of anilines is 1.